The minimum atomic E-state index is -0.685. The first-order chi connectivity index (χ1) is 21.1. The number of H-pyrrole nitrogens is 1. The molecule has 0 saturated carbocycles. The molecule has 2 aliphatic rings. The molecule has 2 aliphatic heterocycles. The Hall–Kier alpha value is -3.35. The van der Waals surface area contributed by atoms with Crippen LogP contribution in [0.1, 0.15) is 84.1 Å². The fourth-order valence-electron chi connectivity index (χ4n) is 5.06. The van der Waals surface area contributed by atoms with Gasteiger partial charge in [-0.1, -0.05) is 12.8 Å². The van der Waals surface area contributed by atoms with Crippen LogP contribution in [0.5, 0.6) is 0 Å². The van der Waals surface area contributed by atoms with E-state index in [9.17, 15) is 14.4 Å². The lowest BCUT2D eigenvalue weighted by Crippen LogP contribution is -2.29. The molecule has 3 rings (SSSR count). The van der Waals surface area contributed by atoms with Crippen molar-refractivity contribution in [2.24, 2.45) is 5.73 Å². The summed E-state index contributed by atoms with van der Waals surface area (Å²) in [5.41, 5.74) is 7.47. The van der Waals surface area contributed by atoms with Gasteiger partial charge in [0.15, 0.2) is 11.5 Å². The molecule has 1 aromatic rings. The van der Waals surface area contributed by atoms with Crippen LogP contribution in [0.2, 0.25) is 0 Å². The minimum absolute atomic E-state index is 0.152. The molecular formula is C32H52N8O4. The highest BCUT2D eigenvalue weighted by Crippen LogP contribution is 2.27. The number of hydrogen-bond donors (Lipinski definition) is 5. The Morgan fingerprint density at radius 1 is 0.909 bits per heavy atom. The first-order valence-electron chi connectivity index (χ1n) is 16.1. The smallest absolute Gasteiger partial charge is 0.349 e. The molecule has 0 amide bonds. The summed E-state index contributed by atoms with van der Waals surface area (Å²) in [6, 6.07) is 4.01. The molecule has 6 N–H and O–H groups in total. The number of nitrogens with one attached hydrogen (secondary N) is 4. The highest BCUT2D eigenvalue weighted by Gasteiger charge is 2.20. The maximum absolute atomic E-state index is 12.6. The number of carbonyl (C=O) groups is 1. The first kappa shape index (κ1) is 35.1. The van der Waals surface area contributed by atoms with E-state index < -0.39 is 16.9 Å². The molecule has 0 spiro atoms. The van der Waals surface area contributed by atoms with Crippen molar-refractivity contribution >= 4 is 22.7 Å². The molecule has 12 nitrogen and oxygen atoms in total. The summed E-state index contributed by atoms with van der Waals surface area (Å²) in [6.45, 7) is 13.7. The fourth-order valence-corrected chi connectivity index (χ4v) is 5.06. The van der Waals surface area contributed by atoms with Gasteiger partial charge in [-0.05, 0) is 117 Å². The number of esters is 1. The summed E-state index contributed by atoms with van der Waals surface area (Å²) in [6.07, 6.45) is 7.95. The Bertz CT molecular complexity index is 1410. The third-order valence-electron chi connectivity index (χ3n) is 7.25. The van der Waals surface area contributed by atoms with Crippen molar-refractivity contribution in [2.45, 2.75) is 97.6 Å². The average Bonchev–Trinajstić information content (AvgIpc) is 2.94. The van der Waals surface area contributed by atoms with E-state index >= 15 is 0 Å². The number of anilines is 1. The molecule has 0 fully saturated rings. The zero-order valence-corrected chi connectivity index (χ0v) is 27.0. The van der Waals surface area contributed by atoms with Gasteiger partial charge in [-0.25, -0.2) is 9.78 Å². The number of fused-ring (bicyclic) bond motifs is 2. The molecule has 0 aromatic heterocycles. The van der Waals surface area contributed by atoms with Crippen molar-refractivity contribution in [3.05, 3.63) is 38.5 Å². The van der Waals surface area contributed by atoms with E-state index in [0.717, 1.165) is 107 Å². The quantitative estimate of drug-likeness (QED) is 0.0725. The lowest BCUT2D eigenvalue weighted by Gasteiger charge is -2.19. The second-order valence-corrected chi connectivity index (χ2v) is 12.3. The number of ether oxygens (including phenoxy) is 1. The standard InChI is InChI=1S/C32H52N8O4/c1-23-21-25-26(22-24(23)36-19-12-18-35-16-9-8-15-34-17-11-14-33)40(29-28(37-25)30(42)39-31(43)38-29)20-10-6-5-7-13-27(41)44-32(2,3)4/h21-22,34-36H,5-20,33H2,1-4H3,(H,39,42,43). The Morgan fingerprint density at radius 3 is 2.30 bits per heavy atom. The van der Waals surface area contributed by atoms with E-state index in [1.807, 2.05) is 44.4 Å². The molecule has 0 aliphatic carbocycles. The van der Waals surface area contributed by atoms with Gasteiger partial charge >= 0.3 is 11.7 Å². The highest BCUT2D eigenvalue weighted by atomic mass is 16.6. The van der Waals surface area contributed by atoms with Crippen LogP contribution in [-0.4, -0.2) is 70.4 Å². The van der Waals surface area contributed by atoms with Gasteiger partial charge < -0.3 is 31.0 Å². The van der Waals surface area contributed by atoms with Crippen LogP contribution in [0.3, 0.4) is 0 Å². The number of hydrogen-bond acceptors (Lipinski definition) is 10. The largest absolute Gasteiger partial charge is 0.460 e. The Kier molecular flexibility index (Phi) is 14.2. The molecule has 0 radical (unpaired) electrons. The molecular weight excluding hydrogens is 560 g/mol. The number of nitrogens with zero attached hydrogens (tertiary/aromatic N) is 3. The zero-order valence-electron chi connectivity index (χ0n) is 27.0. The van der Waals surface area contributed by atoms with Crippen molar-refractivity contribution in [1.29, 1.82) is 0 Å². The fraction of sp³-hybridized carbons (Fsp3) is 0.656. The Balaban J connectivity index is 1.59. The summed E-state index contributed by atoms with van der Waals surface area (Å²) >= 11 is 0. The normalized spacial score (nSPS) is 11.8. The summed E-state index contributed by atoms with van der Waals surface area (Å²) in [4.78, 5) is 47.8. The number of rotatable bonds is 20. The van der Waals surface area contributed by atoms with Crippen molar-refractivity contribution in [1.82, 2.24) is 30.2 Å². The summed E-state index contributed by atoms with van der Waals surface area (Å²) in [5.74, 6) is 0.103. The molecule has 0 saturated heterocycles. The Labute approximate surface area is 260 Å². The van der Waals surface area contributed by atoms with Crippen LogP contribution in [0.4, 0.5) is 5.69 Å². The molecule has 2 heterocycles. The third kappa shape index (κ3) is 11.6. The topological polar surface area (TPSA) is 169 Å². The molecule has 0 bridgehead atoms. The molecule has 12 heteroatoms. The van der Waals surface area contributed by atoms with E-state index in [0.29, 0.717) is 18.5 Å². The third-order valence-corrected chi connectivity index (χ3v) is 7.25. The van der Waals surface area contributed by atoms with E-state index in [2.05, 4.69) is 30.9 Å². The van der Waals surface area contributed by atoms with Gasteiger partial charge in [0.1, 0.15) is 5.60 Å². The van der Waals surface area contributed by atoms with Gasteiger partial charge in [0.05, 0.1) is 11.0 Å². The highest BCUT2D eigenvalue weighted by molar-refractivity contribution is 5.84. The maximum atomic E-state index is 12.6. The van der Waals surface area contributed by atoms with Gasteiger partial charge in [-0.3, -0.25) is 14.6 Å². The second kappa shape index (κ2) is 17.8. The van der Waals surface area contributed by atoms with Crippen LogP contribution < -0.4 is 32.9 Å². The van der Waals surface area contributed by atoms with Crippen LogP contribution in [-0.2, 0) is 16.1 Å². The van der Waals surface area contributed by atoms with Crippen LogP contribution in [0.15, 0.2) is 21.7 Å². The van der Waals surface area contributed by atoms with Gasteiger partial charge in [0, 0.05) is 25.2 Å². The maximum Gasteiger partial charge on any atom is 0.349 e. The predicted molar refractivity (Wildman–Crippen MR) is 176 cm³/mol. The molecule has 244 valence electrons. The monoisotopic (exact) mass is 612 g/mol. The summed E-state index contributed by atoms with van der Waals surface area (Å²) in [5, 5.41) is 10.5. The van der Waals surface area contributed by atoms with Crippen LogP contribution in [0.25, 0.3) is 22.6 Å². The van der Waals surface area contributed by atoms with Crippen molar-refractivity contribution in [3.63, 3.8) is 0 Å². The number of nitrogens with two attached hydrogens (primary N) is 1. The molecule has 0 atom stereocenters. The minimum Gasteiger partial charge on any atom is -0.460 e. The number of unbranched alkanes of at least 4 members (excludes halogenated alkanes) is 4. The van der Waals surface area contributed by atoms with Gasteiger partial charge in [0.25, 0.3) is 5.56 Å². The zero-order chi connectivity index (χ0) is 32.0. The summed E-state index contributed by atoms with van der Waals surface area (Å²) in [7, 11) is 0. The molecule has 44 heavy (non-hydrogen) atoms. The first-order valence-corrected chi connectivity index (χ1v) is 16.1. The lowest BCUT2D eigenvalue weighted by molar-refractivity contribution is -0.154. The van der Waals surface area contributed by atoms with Gasteiger partial charge in [-0.15, -0.1) is 0 Å². The van der Waals surface area contributed by atoms with E-state index in [-0.39, 0.29) is 17.5 Å². The number of aryl methyl sites for hydroxylation is 2. The summed E-state index contributed by atoms with van der Waals surface area (Å²) < 4.78 is 7.32. The van der Waals surface area contributed by atoms with E-state index in [4.69, 9.17) is 10.5 Å². The van der Waals surface area contributed by atoms with E-state index in [1.54, 1.807) is 0 Å². The number of carbonyl (C=O) groups excluding carboxylic acids is 1. The van der Waals surface area contributed by atoms with Crippen molar-refractivity contribution in [2.75, 3.05) is 44.6 Å². The number of aromatic amines is 1. The van der Waals surface area contributed by atoms with Crippen LogP contribution >= 0.6 is 0 Å². The second-order valence-electron chi connectivity index (χ2n) is 12.3. The lowest BCUT2D eigenvalue weighted by atomic mass is 10.1. The SMILES string of the molecule is Cc1cc2nc3c(=O)[nH]c(=O)nc-3n(CCCCCCC(=O)OC(C)(C)C)c2cc1NCCCNCCCCNCCCN. The molecule has 0 unspecified atom stereocenters. The van der Waals surface area contributed by atoms with Crippen molar-refractivity contribution < 1.29 is 9.53 Å². The van der Waals surface area contributed by atoms with Gasteiger partial charge in [0.2, 0.25) is 0 Å². The number of aromatic nitrogens is 4. The predicted octanol–water partition coefficient (Wildman–Crippen LogP) is 3.30. The van der Waals surface area contributed by atoms with Crippen molar-refractivity contribution in [3.8, 4) is 11.5 Å². The van der Waals surface area contributed by atoms with Crippen LogP contribution in [0, 0.1) is 6.92 Å². The number of benzene rings is 1. The average molecular weight is 613 g/mol. The van der Waals surface area contributed by atoms with Gasteiger partial charge in [-0.2, -0.15) is 4.98 Å². The Morgan fingerprint density at radius 2 is 1.59 bits per heavy atom. The molecule has 1 aromatic carbocycles. The van der Waals surface area contributed by atoms with E-state index in [1.165, 1.54) is 0 Å².